The molecule has 2 heterocycles. The minimum absolute atomic E-state index is 0.0787. The van der Waals surface area contributed by atoms with Crippen LogP contribution in [0.4, 0.5) is 0 Å². The lowest BCUT2D eigenvalue weighted by atomic mass is 10.1. The first kappa shape index (κ1) is 12.9. The number of aliphatic hydroxyl groups is 1. The fourth-order valence-corrected chi connectivity index (χ4v) is 2.46. The minimum Gasteiger partial charge on any atom is -0.388 e. The molecular formula is C15H17N3O2. The first-order chi connectivity index (χ1) is 9.55. The lowest BCUT2D eigenvalue weighted by Gasteiger charge is -2.18. The van der Waals surface area contributed by atoms with Crippen LogP contribution in [0.2, 0.25) is 0 Å². The van der Waals surface area contributed by atoms with E-state index in [0.29, 0.717) is 25.1 Å². The van der Waals surface area contributed by atoms with Gasteiger partial charge < -0.3 is 10.0 Å². The fraction of sp³-hybridized carbons (Fsp3) is 0.333. The van der Waals surface area contributed by atoms with Crippen molar-refractivity contribution in [1.82, 2.24) is 14.7 Å². The molecule has 0 radical (unpaired) electrons. The summed E-state index contributed by atoms with van der Waals surface area (Å²) in [6, 6.07) is 9.65. The third-order valence-corrected chi connectivity index (χ3v) is 3.59. The van der Waals surface area contributed by atoms with Crippen LogP contribution in [0.15, 0.2) is 42.7 Å². The number of β-amino-alcohol motifs (C(OH)–C–C–N with tert-alkyl or cyclic N) is 1. The number of rotatable bonds is 2. The highest BCUT2D eigenvalue weighted by molar-refractivity contribution is 5.94. The number of carbonyl (C=O) groups excluding carboxylic acids is 1. The molecular weight excluding hydrogens is 254 g/mol. The van der Waals surface area contributed by atoms with E-state index < -0.39 is 5.60 Å². The first-order valence-electron chi connectivity index (χ1n) is 6.67. The number of likely N-dealkylation sites (tertiary alicyclic amines) is 1. The predicted octanol–water partition coefficient (Wildman–Crippen LogP) is 1.47. The lowest BCUT2D eigenvalue weighted by molar-refractivity contribution is 0.0572. The Bertz CT molecular complexity index is 619. The van der Waals surface area contributed by atoms with Gasteiger partial charge in [0, 0.05) is 19.3 Å². The molecule has 5 heteroatoms. The molecule has 3 rings (SSSR count). The standard InChI is InChI=1S/C15H17N3O2/c1-15(20)7-8-17(11-15)14(19)12-9-16-18(10-12)13-5-3-2-4-6-13/h2-6,9-10,20H,7-8,11H2,1H3. The molecule has 20 heavy (non-hydrogen) atoms. The van der Waals surface area contributed by atoms with Crippen LogP contribution in [-0.4, -0.2) is 44.4 Å². The summed E-state index contributed by atoms with van der Waals surface area (Å²) in [5, 5.41) is 14.2. The molecule has 1 atom stereocenters. The van der Waals surface area contributed by atoms with Gasteiger partial charge in [0.05, 0.1) is 23.0 Å². The second-order valence-corrected chi connectivity index (χ2v) is 5.48. The van der Waals surface area contributed by atoms with Crippen LogP contribution in [0.25, 0.3) is 5.69 Å². The highest BCUT2D eigenvalue weighted by Crippen LogP contribution is 2.22. The average Bonchev–Trinajstić information content (AvgIpc) is 3.05. The predicted molar refractivity (Wildman–Crippen MR) is 74.7 cm³/mol. The summed E-state index contributed by atoms with van der Waals surface area (Å²) in [6.45, 7) is 2.72. The van der Waals surface area contributed by atoms with Crippen LogP contribution in [0.5, 0.6) is 0 Å². The molecule has 0 saturated carbocycles. The maximum atomic E-state index is 12.3. The third kappa shape index (κ3) is 2.44. The van der Waals surface area contributed by atoms with Gasteiger partial charge in [-0.1, -0.05) is 18.2 Å². The van der Waals surface area contributed by atoms with Crippen molar-refractivity contribution in [2.24, 2.45) is 0 Å². The van der Waals surface area contributed by atoms with E-state index in [2.05, 4.69) is 5.10 Å². The van der Waals surface area contributed by atoms with Crippen molar-refractivity contribution in [3.63, 3.8) is 0 Å². The van der Waals surface area contributed by atoms with Crippen LogP contribution < -0.4 is 0 Å². The van der Waals surface area contributed by atoms with Crippen LogP contribution in [0.3, 0.4) is 0 Å². The topological polar surface area (TPSA) is 58.4 Å². The van der Waals surface area contributed by atoms with Gasteiger partial charge in [-0.25, -0.2) is 4.68 Å². The number of carbonyl (C=O) groups is 1. The monoisotopic (exact) mass is 271 g/mol. The highest BCUT2D eigenvalue weighted by atomic mass is 16.3. The molecule has 1 unspecified atom stereocenters. The van der Waals surface area contributed by atoms with Crippen molar-refractivity contribution in [1.29, 1.82) is 0 Å². The fourth-order valence-electron chi connectivity index (χ4n) is 2.46. The van der Waals surface area contributed by atoms with Gasteiger partial charge in [0.15, 0.2) is 0 Å². The van der Waals surface area contributed by atoms with Crippen molar-refractivity contribution < 1.29 is 9.90 Å². The van der Waals surface area contributed by atoms with Gasteiger partial charge in [0.25, 0.3) is 5.91 Å². The molecule has 1 aromatic heterocycles. The smallest absolute Gasteiger partial charge is 0.257 e. The van der Waals surface area contributed by atoms with E-state index in [1.54, 1.807) is 28.9 Å². The normalized spacial score (nSPS) is 22.2. The Kier molecular flexibility index (Phi) is 3.06. The Balaban J connectivity index is 1.79. The number of aromatic nitrogens is 2. The van der Waals surface area contributed by atoms with Crippen LogP contribution in [0.1, 0.15) is 23.7 Å². The molecule has 1 fully saturated rings. The Morgan fingerprint density at radius 1 is 1.35 bits per heavy atom. The largest absolute Gasteiger partial charge is 0.388 e. The summed E-state index contributed by atoms with van der Waals surface area (Å²) in [7, 11) is 0. The summed E-state index contributed by atoms with van der Waals surface area (Å²) in [5.41, 5.74) is 0.692. The van der Waals surface area contributed by atoms with Gasteiger partial charge in [0.1, 0.15) is 0 Å². The van der Waals surface area contributed by atoms with Gasteiger partial charge in [-0.3, -0.25) is 4.79 Å². The SMILES string of the molecule is CC1(O)CCN(C(=O)c2cnn(-c3ccccc3)c2)C1. The molecule has 5 nitrogen and oxygen atoms in total. The minimum atomic E-state index is -0.773. The van der Waals surface area contributed by atoms with E-state index in [0.717, 1.165) is 5.69 Å². The van der Waals surface area contributed by atoms with E-state index >= 15 is 0 Å². The molecule has 0 bridgehead atoms. The molecule has 104 valence electrons. The summed E-state index contributed by atoms with van der Waals surface area (Å²) < 4.78 is 1.68. The highest BCUT2D eigenvalue weighted by Gasteiger charge is 2.34. The van der Waals surface area contributed by atoms with E-state index in [-0.39, 0.29) is 5.91 Å². The Morgan fingerprint density at radius 3 is 2.75 bits per heavy atom. The zero-order chi connectivity index (χ0) is 14.2. The number of benzene rings is 1. The van der Waals surface area contributed by atoms with Crippen molar-refractivity contribution in [3.05, 3.63) is 48.3 Å². The summed E-state index contributed by atoms with van der Waals surface area (Å²) >= 11 is 0. The molecule has 1 aromatic carbocycles. The van der Waals surface area contributed by atoms with E-state index in [4.69, 9.17) is 0 Å². The second kappa shape index (κ2) is 4.76. The van der Waals surface area contributed by atoms with Crippen molar-refractivity contribution in [2.75, 3.05) is 13.1 Å². The second-order valence-electron chi connectivity index (χ2n) is 5.48. The van der Waals surface area contributed by atoms with Crippen molar-refractivity contribution in [3.8, 4) is 5.69 Å². The van der Waals surface area contributed by atoms with Gasteiger partial charge in [0.2, 0.25) is 0 Å². The zero-order valence-electron chi connectivity index (χ0n) is 11.4. The lowest BCUT2D eigenvalue weighted by Crippen LogP contribution is -2.33. The summed E-state index contributed by atoms with van der Waals surface area (Å²) in [5.74, 6) is -0.0787. The maximum Gasteiger partial charge on any atom is 0.257 e. The molecule has 1 aliphatic rings. The Labute approximate surface area is 117 Å². The average molecular weight is 271 g/mol. The van der Waals surface area contributed by atoms with Gasteiger partial charge in [-0.15, -0.1) is 0 Å². The van der Waals surface area contributed by atoms with Crippen LogP contribution in [0, 0.1) is 0 Å². The van der Waals surface area contributed by atoms with E-state index in [1.165, 1.54) is 0 Å². The third-order valence-electron chi connectivity index (χ3n) is 3.59. The van der Waals surface area contributed by atoms with Crippen molar-refractivity contribution >= 4 is 5.91 Å². The number of nitrogens with zero attached hydrogens (tertiary/aromatic N) is 3. The van der Waals surface area contributed by atoms with Crippen LogP contribution >= 0.6 is 0 Å². The van der Waals surface area contributed by atoms with Gasteiger partial charge >= 0.3 is 0 Å². The molecule has 1 amide bonds. The van der Waals surface area contributed by atoms with Crippen molar-refractivity contribution in [2.45, 2.75) is 18.9 Å². The summed E-state index contributed by atoms with van der Waals surface area (Å²) in [4.78, 5) is 14.0. The van der Waals surface area contributed by atoms with Gasteiger partial charge in [-0.05, 0) is 25.5 Å². The summed E-state index contributed by atoms with van der Waals surface area (Å²) in [6.07, 6.45) is 3.92. The maximum absolute atomic E-state index is 12.3. The van der Waals surface area contributed by atoms with E-state index in [9.17, 15) is 9.90 Å². The number of para-hydroxylation sites is 1. The first-order valence-corrected chi connectivity index (χ1v) is 6.67. The van der Waals surface area contributed by atoms with Gasteiger partial charge in [-0.2, -0.15) is 5.10 Å². The Morgan fingerprint density at radius 2 is 2.10 bits per heavy atom. The number of hydrogen-bond acceptors (Lipinski definition) is 3. The zero-order valence-corrected chi connectivity index (χ0v) is 11.4. The molecule has 0 spiro atoms. The Hall–Kier alpha value is -2.14. The number of amides is 1. The quantitative estimate of drug-likeness (QED) is 0.900. The molecule has 1 N–H and O–H groups in total. The number of hydrogen-bond donors (Lipinski definition) is 1. The van der Waals surface area contributed by atoms with Crippen LogP contribution in [-0.2, 0) is 0 Å². The molecule has 1 saturated heterocycles. The molecule has 1 aliphatic heterocycles. The van der Waals surface area contributed by atoms with E-state index in [1.807, 2.05) is 30.3 Å². The molecule has 2 aromatic rings. The molecule has 0 aliphatic carbocycles.